The first-order chi connectivity index (χ1) is 7.54. The van der Waals surface area contributed by atoms with Crippen LogP contribution in [0, 0.1) is 12.8 Å². The first-order valence-corrected chi connectivity index (χ1v) is 6.39. The van der Waals surface area contributed by atoms with Gasteiger partial charge in [-0.3, -0.25) is 0 Å². The van der Waals surface area contributed by atoms with E-state index in [1.807, 2.05) is 0 Å². The summed E-state index contributed by atoms with van der Waals surface area (Å²) in [5.74, 6) is 0.747. The smallest absolute Gasteiger partial charge is 0.0404 e. The van der Waals surface area contributed by atoms with Crippen molar-refractivity contribution in [1.29, 1.82) is 0 Å². The molecule has 0 saturated heterocycles. The maximum absolute atomic E-state index is 3.66. The normalized spacial score (nSPS) is 12.9. The van der Waals surface area contributed by atoms with Crippen LogP contribution in [0.4, 0.5) is 5.69 Å². The minimum atomic E-state index is 0.548. The van der Waals surface area contributed by atoms with Crippen molar-refractivity contribution in [3.63, 3.8) is 0 Å². The first kappa shape index (κ1) is 13.1. The lowest BCUT2D eigenvalue weighted by Gasteiger charge is -2.21. The van der Waals surface area contributed by atoms with Crippen molar-refractivity contribution in [2.45, 2.75) is 53.5 Å². The lowest BCUT2D eigenvalue weighted by Crippen LogP contribution is -2.19. The van der Waals surface area contributed by atoms with Crippen LogP contribution in [0.2, 0.25) is 0 Å². The number of aryl methyl sites for hydroxylation is 2. The van der Waals surface area contributed by atoms with Gasteiger partial charge in [0.05, 0.1) is 0 Å². The Hall–Kier alpha value is -0.980. The molecular weight excluding hydrogens is 194 g/mol. The summed E-state index contributed by atoms with van der Waals surface area (Å²) in [6, 6.07) is 7.10. The fraction of sp³-hybridized carbons (Fsp3) is 0.600. The fourth-order valence-corrected chi connectivity index (χ4v) is 2.24. The van der Waals surface area contributed by atoms with E-state index in [-0.39, 0.29) is 0 Å². The van der Waals surface area contributed by atoms with Crippen molar-refractivity contribution in [2.75, 3.05) is 5.32 Å². The highest BCUT2D eigenvalue weighted by atomic mass is 14.9. The van der Waals surface area contributed by atoms with Crippen LogP contribution >= 0.6 is 0 Å². The third-order valence-electron chi connectivity index (χ3n) is 2.96. The van der Waals surface area contributed by atoms with E-state index in [9.17, 15) is 0 Å². The van der Waals surface area contributed by atoms with E-state index in [0.29, 0.717) is 6.04 Å². The Morgan fingerprint density at radius 1 is 1.19 bits per heavy atom. The maximum atomic E-state index is 3.66. The van der Waals surface area contributed by atoms with E-state index >= 15 is 0 Å². The molecule has 1 aromatic rings. The van der Waals surface area contributed by atoms with Gasteiger partial charge < -0.3 is 5.32 Å². The molecule has 0 spiro atoms. The van der Waals surface area contributed by atoms with E-state index in [4.69, 9.17) is 0 Å². The zero-order valence-corrected chi connectivity index (χ0v) is 11.3. The molecule has 0 aliphatic rings. The molecular formula is C15H25N. The third kappa shape index (κ3) is 3.55. The largest absolute Gasteiger partial charge is 0.382 e. The van der Waals surface area contributed by atoms with Crippen LogP contribution in [0.1, 0.15) is 45.2 Å². The molecule has 1 heteroatoms. The number of hydrogen-bond donors (Lipinski definition) is 1. The molecule has 1 aromatic carbocycles. The standard InChI is InChI=1S/C15H25N/c1-6-14-9-7-8-12(4)15(14)16-13(5)10-11(2)3/h7-9,11,13,16H,6,10H2,1-5H3. The monoisotopic (exact) mass is 219 g/mol. The number of anilines is 1. The van der Waals surface area contributed by atoms with Gasteiger partial charge in [0.15, 0.2) is 0 Å². The van der Waals surface area contributed by atoms with E-state index in [2.05, 4.69) is 58.1 Å². The predicted molar refractivity (Wildman–Crippen MR) is 73.1 cm³/mol. The molecule has 90 valence electrons. The predicted octanol–water partition coefficient (Wildman–Crippen LogP) is 4.40. The number of para-hydroxylation sites is 1. The molecule has 1 unspecified atom stereocenters. The molecule has 0 saturated carbocycles. The molecule has 1 atom stereocenters. The lowest BCUT2D eigenvalue weighted by atomic mass is 10.0. The molecule has 0 aliphatic heterocycles. The van der Waals surface area contributed by atoms with Gasteiger partial charge in [0.1, 0.15) is 0 Å². The molecule has 1 nitrogen and oxygen atoms in total. The van der Waals surface area contributed by atoms with Crippen LogP contribution < -0.4 is 5.32 Å². The van der Waals surface area contributed by atoms with Crippen LogP contribution in [0.25, 0.3) is 0 Å². The van der Waals surface area contributed by atoms with Crippen LogP contribution in [0.15, 0.2) is 18.2 Å². The SMILES string of the molecule is CCc1cccc(C)c1NC(C)CC(C)C. The number of rotatable bonds is 5. The molecule has 0 aliphatic carbocycles. The van der Waals surface area contributed by atoms with Gasteiger partial charge >= 0.3 is 0 Å². The van der Waals surface area contributed by atoms with E-state index in [1.165, 1.54) is 23.2 Å². The Labute approximate surface area is 100 Å². The zero-order chi connectivity index (χ0) is 12.1. The molecule has 0 fully saturated rings. The summed E-state index contributed by atoms with van der Waals surface area (Å²) in [5, 5.41) is 3.66. The Morgan fingerprint density at radius 3 is 2.44 bits per heavy atom. The number of nitrogens with one attached hydrogen (secondary N) is 1. The Bertz CT molecular complexity index is 328. The summed E-state index contributed by atoms with van der Waals surface area (Å²) < 4.78 is 0. The summed E-state index contributed by atoms with van der Waals surface area (Å²) in [7, 11) is 0. The third-order valence-corrected chi connectivity index (χ3v) is 2.96. The Kier molecular flexibility index (Phi) is 4.85. The second-order valence-electron chi connectivity index (χ2n) is 5.14. The van der Waals surface area contributed by atoms with E-state index in [1.54, 1.807) is 0 Å². The van der Waals surface area contributed by atoms with Gasteiger partial charge in [-0.25, -0.2) is 0 Å². The van der Waals surface area contributed by atoms with Crippen molar-refractivity contribution < 1.29 is 0 Å². The molecule has 1 rings (SSSR count). The highest BCUT2D eigenvalue weighted by Gasteiger charge is 2.09. The topological polar surface area (TPSA) is 12.0 Å². The molecule has 0 amide bonds. The van der Waals surface area contributed by atoms with E-state index < -0.39 is 0 Å². The van der Waals surface area contributed by atoms with E-state index in [0.717, 1.165) is 12.3 Å². The van der Waals surface area contributed by atoms with Gasteiger partial charge in [0, 0.05) is 11.7 Å². The van der Waals surface area contributed by atoms with Crippen LogP contribution in [-0.4, -0.2) is 6.04 Å². The van der Waals surface area contributed by atoms with Crippen LogP contribution in [-0.2, 0) is 6.42 Å². The molecule has 16 heavy (non-hydrogen) atoms. The summed E-state index contributed by atoms with van der Waals surface area (Å²) in [4.78, 5) is 0. The Morgan fingerprint density at radius 2 is 1.88 bits per heavy atom. The maximum Gasteiger partial charge on any atom is 0.0404 e. The van der Waals surface area contributed by atoms with Gasteiger partial charge in [-0.2, -0.15) is 0 Å². The zero-order valence-electron chi connectivity index (χ0n) is 11.3. The highest BCUT2D eigenvalue weighted by Crippen LogP contribution is 2.23. The van der Waals surface area contributed by atoms with Crippen molar-refractivity contribution in [2.24, 2.45) is 5.92 Å². The lowest BCUT2D eigenvalue weighted by molar-refractivity contribution is 0.539. The summed E-state index contributed by atoms with van der Waals surface area (Å²) in [6.45, 7) is 11.2. The average molecular weight is 219 g/mol. The molecule has 0 aromatic heterocycles. The molecule has 0 heterocycles. The summed E-state index contributed by atoms with van der Waals surface area (Å²) in [5.41, 5.74) is 4.13. The highest BCUT2D eigenvalue weighted by molar-refractivity contribution is 5.57. The minimum Gasteiger partial charge on any atom is -0.382 e. The summed E-state index contributed by atoms with van der Waals surface area (Å²) in [6.07, 6.45) is 2.32. The number of hydrogen-bond acceptors (Lipinski definition) is 1. The van der Waals surface area contributed by atoms with Crippen LogP contribution in [0.5, 0.6) is 0 Å². The van der Waals surface area contributed by atoms with Crippen LogP contribution in [0.3, 0.4) is 0 Å². The fourth-order valence-electron chi connectivity index (χ4n) is 2.24. The minimum absolute atomic E-state index is 0.548. The van der Waals surface area contributed by atoms with Crippen molar-refractivity contribution in [3.8, 4) is 0 Å². The quantitative estimate of drug-likeness (QED) is 0.773. The molecule has 0 bridgehead atoms. The summed E-state index contributed by atoms with van der Waals surface area (Å²) >= 11 is 0. The molecule has 1 N–H and O–H groups in total. The van der Waals surface area contributed by atoms with Crippen molar-refractivity contribution in [3.05, 3.63) is 29.3 Å². The van der Waals surface area contributed by atoms with Crippen molar-refractivity contribution >= 4 is 5.69 Å². The van der Waals surface area contributed by atoms with Gasteiger partial charge in [-0.05, 0) is 43.7 Å². The number of benzene rings is 1. The van der Waals surface area contributed by atoms with Gasteiger partial charge in [0.2, 0.25) is 0 Å². The van der Waals surface area contributed by atoms with Gasteiger partial charge in [0.25, 0.3) is 0 Å². The molecule has 0 radical (unpaired) electrons. The van der Waals surface area contributed by atoms with Gasteiger partial charge in [-0.15, -0.1) is 0 Å². The van der Waals surface area contributed by atoms with Gasteiger partial charge in [-0.1, -0.05) is 39.0 Å². The second kappa shape index (κ2) is 5.93. The first-order valence-electron chi connectivity index (χ1n) is 6.39. The van der Waals surface area contributed by atoms with Crippen molar-refractivity contribution in [1.82, 2.24) is 0 Å². The average Bonchev–Trinajstić information content (AvgIpc) is 2.20. The Balaban J connectivity index is 2.79. The second-order valence-corrected chi connectivity index (χ2v) is 5.14.